The summed E-state index contributed by atoms with van der Waals surface area (Å²) in [5.41, 5.74) is 9.28. The van der Waals surface area contributed by atoms with Gasteiger partial charge in [-0.3, -0.25) is 14.4 Å². The minimum absolute atomic E-state index is 0.0530. The van der Waals surface area contributed by atoms with Crippen LogP contribution in [0.1, 0.15) is 59.8 Å². The topological polar surface area (TPSA) is 175 Å². The van der Waals surface area contributed by atoms with E-state index in [0.29, 0.717) is 5.56 Å². The van der Waals surface area contributed by atoms with Crippen molar-refractivity contribution < 1.29 is 42.9 Å². The van der Waals surface area contributed by atoms with E-state index in [2.05, 4.69) is 21.9 Å². The first-order valence-corrected chi connectivity index (χ1v) is 12.6. The minimum atomic E-state index is -1.30. The van der Waals surface area contributed by atoms with E-state index in [-0.39, 0.29) is 18.6 Å². The first-order valence-electron chi connectivity index (χ1n) is 12.6. The van der Waals surface area contributed by atoms with Crippen molar-refractivity contribution in [1.29, 1.82) is 0 Å². The lowest BCUT2D eigenvalue weighted by atomic mass is 9.90. The van der Waals surface area contributed by atoms with Crippen molar-refractivity contribution in [3.05, 3.63) is 58.5 Å². The van der Waals surface area contributed by atoms with Crippen LogP contribution in [-0.2, 0) is 42.9 Å². The zero-order chi connectivity index (χ0) is 30.0. The average molecular weight is 561 g/mol. The molecule has 0 spiro atoms. The van der Waals surface area contributed by atoms with Gasteiger partial charge in [0.15, 0.2) is 12.4 Å². The fourth-order valence-electron chi connectivity index (χ4n) is 4.11. The molecule has 6 atom stereocenters. The van der Waals surface area contributed by atoms with E-state index < -0.39 is 66.1 Å². The maximum absolute atomic E-state index is 12.7. The van der Waals surface area contributed by atoms with Gasteiger partial charge in [0.1, 0.15) is 17.8 Å². The molecule has 1 aromatic rings. The number of hydrogen-bond acceptors (Lipinski definition) is 10. The van der Waals surface area contributed by atoms with Crippen LogP contribution in [0.5, 0.6) is 0 Å². The highest BCUT2D eigenvalue weighted by molar-refractivity contribution is 5.88. The highest BCUT2D eigenvalue weighted by Crippen LogP contribution is 2.33. The molecule has 13 nitrogen and oxygen atoms in total. The van der Waals surface area contributed by atoms with E-state index in [1.54, 1.807) is 45.0 Å². The Labute approximate surface area is 232 Å². The highest BCUT2D eigenvalue weighted by Gasteiger charge is 2.46. The molecule has 1 amide bonds. The van der Waals surface area contributed by atoms with Gasteiger partial charge in [0.05, 0.1) is 18.7 Å². The van der Waals surface area contributed by atoms with E-state index in [9.17, 15) is 24.7 Å². The third-order valence-electron chi connectivity index (χ3n) is 5.56. The molecule has 0 aliphatic carbocycles. The molecular weight excluding hydrogens is 524 g/mol. The van der Waals surface area contributed by atoms with E-state index in [1.165, 1.54) is 13.8 Å². The van der Waals surface area contributed by atoms with Gasteiger partial charge in [-0.05, 0) is 26.3 Å². The van der Waals surface area contributed by atoms with Crippen LogP contribution in [0.3, 0.4) is 0 Å². The molecule has 1 aliphatic heterocycles. The number of benzene rings is 1. The van der Waals surface area contributed by atoms with E-state index in [1.807, 2.05) is 6.07 Å². The molecule has 218 valence electrons. The number of nitrogens with zero attached hydrogens (tertiary/aromatic N) is 3. The summed E-state index contributed by atoms with van der Waals surface area (Å²) in [6.07, 6.45) is -4.69. The molecule has 1 N–H and O–H groups in total. The van der Waals surface area contributed by atoms with E-state index >= 15 is 0 Å². The van der Waals surface area contributed by atoms with Gasteiger partial charge in [-0.2, -0.15) is 0 Å². The third kappa shape index (κ3) is 9.99. The molecule has 2 rings (SSSR count). The summed E-state index contributed by atoms with van der Waals surface area (Å²) >= 11 is 0. The summed E-state index contributed by atoms with van der Waals surface area (Å²) in [4.78, 5) is 52.0. The average Bonchev–Trinajstić information content (AvgIpc) is 2.85. The summed E-state index contributed by atoms with van der Waals surface area (Å²) in [5, 5.41) is 6.54. The van der Waals surface area contributed by atoms with Gasteiger partial charge < -0.3 is 29.0 Å². The Hall–Kier alpha value is -3.93. The van der Waals surface area contributed by atoms with Crippen molar-refractivity contribution in [3.63, 3.8) is 0 Å². The number of carbonyl (C=O) groups excluding carboxylic acids is 4. The Balaban J connectivity index is 2.54. The molecular formula is C27H36N4O9. The predicted molar refractivity (Wildman–Crippen MR) is 141 cm³/mol. The number of ether oxygens (including phenoxy) is 5. The first-order chi connectivity index (χ1) is 18.7. The van der Waals surface area contributed by atoms with Crippen molar-refractivity contribution in [3.8, 4) is 0 Å². The Morgan fingerprint density at radius 1 is 1.15 bits per heavy atom. The first kappa shape index (κ1) is 32.3. The van der Waals surface area contributed by atoms with Gasteiger partial charge >= 0.3 is 17.9 Å². The summed E-state index contributed by atoms with van der Waals surface area (Å²) < 4.78 is 28.2. The second-order valence-corrected chi connectivity index (χ2v) is 10.2. The van der Waals surface area contributed by atoms with Crippen molar-refractivity contribution in [2.24, 2.45) is 5.11 Å². The van der Waals surface area contributed by atoms with Crippen LogP contribution in [0.4, 0.5) is 0 Å². The molecule has 1 saturated heterocycles. The Morgan fingerprint density at radius 2 is 1.80 bits per heavy atom. The highest BCUT2D eigenvalue weighted by atomic mass is 16.7. The minimum Gasteiger partial charge on any atom is -0.460 e. The predicted octanol–water partition coefficient (Wildman–Crippen LogP) is 3.44. The molecule has 0 aromatic heterocycles. The molecule has 1 aromatic carbocycles. The van der Waals surface area contributed by atoms with Crippen molar-refractivity contribution >= 4 is 23.8 Å². The van der Waals surface area contributed by atoms with E-state index in [0.717, 1.165) is 6.92 Å². The summed E-state index contributed by atoms with van der Waals surface area (Å²) in [6, 6.07) is 6.33. The number of esters is 3. The maximum atomic E-state index is 12.7. The Bertz CT molecular complexity index is 1130. The second-order valence-electron chi connectivity index (χ2n) is 10.2. The van der Waals surface area contributed by atoms with Gasteiger partial charge in [-0.25, -0.2) is 4.79 Å². The monoisotopic (exact) mass is 560 g/mol. The lowest BCUT2D eigenvalue weighted by Crippen LogP contribution is -2.60. The quantitative estimate of drug-likeness (QED) is 0.106. The standard InChI is InChI=1S/C27H36N4O9/c1-15(25(35)40-27(5,6)7)13-20(37-17(3)33)22(29-16(2)32)23(30-31-28)24-21(38-18(4)34)14-36-26(39-24)19-11-9-8-10-12-19/h8-12,20-24,26H,1,13-14H2,2-7H3,(H,29,32)/t20-,21+,22+,23+,24+,26+/m0/s1. The van der Waals surface area contributed by atoms with Crippen LogP contribution in [0.2, 0.25) is 0 Å². The van der Waals surface area contributed by atoms with E-state index in [4.69, 9.17) is 23.7 Å². The fourth-order valence-corrected chi connectivity index (χ4v) is 4.11. The second kappa shape index (κ2) is 14.5. The molecule has 0 bridgehead atoms. The number of azide groups is 1. The number of carbonyl (C=O) groups is 4. The van der Waals surface area contributed by atoms with Gasteiger partial charge in [0, 0.05) is 43.2 Å². The molecule has 40 heavy (non-hydrogen) atoms. The van der Waals surface area contributed by atoms with Crippen molar-refractivity contribution in [1.82, 2.24) is 5.32 Å². The molecule has 1 heterocycles. The van der Waals surface area contributed by atoms with Gasteiger partial charge in [-0.15, -0.1) is 0 Å². The lowest BCUT2D eigenvalue weighted by molar-refractivity contribution is -0.268. The van der Waals surface area contributed by atoms with Crippen LogP contribution < -0.4 is 5.32 Å². The molecule has 1 fully saturated rings. The van der Waals surface area contributed by atoms with Crippen molar-refractivity contribution in [2.75, 3.05) is 6.61 Å². The Morgan fingerprint density at radius 3 is 2.33 bits per heavy atom. The smallest absolute Gasteiger partial charge is 0.334 e. The SMILES string of the molecule is C=C(C[C@H](OC(C)=O)[C@@H](NC(C)=O)[C@@H](N=[N+]=[N-])[C@@H]1O[C@H](c2ccccc2)OC[C@H]1OC(C)=O)C(=O)OC(C)(C)C. The van der Waals surface area contributed by atoms with Crippen molar-refractivity contribution in [2.45, 2.75) is 90.2 Å². The fraction of sp³-hybridized carbons (Fsp3) is 0.556. The maximum Gasteiger partial charge on any atom is 0.334 e. The van der Waals surface area contributed by atoms with Gasteiger partial charge in [0.25, 0.3) is 0 Å². The number of nitrogens with one attached hydrogen (secondary N) is 1. The Kier molecular flexibility index (Phi) is 11.7. The molecule has 0 saturated carbocycles. The summed E-state index contributed by atoms with van der Waals surface area (Å²) in [7, 11) is 0. The normalized spacial score (nSPS) is 21.0. The molecule has 1 aliphatic rings. The molecule has 0 unspecified atom stereocenters. The summed E-state index contributed by atoms with van der Waals surface area (Å²) in [6.45, 7) is 12.2. The lowest BCUT2D eigenvalue weighted by Gasteiger charge is -2.42. The van der Waals surface area contributed by atoms with Gasteiger partial charge in [0.2, 0.25) is 5.91 Å². The largest absolute Gasteiger partial charge is 0.460 e. The molecule has 13 heteroatoms. The van der Waals surface area contributed by atoms with Crippen LogP contribution in [-0.4, -0.2) is 66.4 Å². The zero-order valence-electron chi connectivity index (χ0n) is 23.5. The summed E-state index contributed by atoms with van der Waals surface area (Å²) in [5.74, 6) is -2.68. The van der Waals surface area contributed by atoms with Crippen LogP contribution in [0.15, 0.2) is 47.6 Å². The third-order valence-corrected chi connectivity index (χ3v) is 5.56. The number of rotatable bonds is 11. The molecule has 0 radical (unpaired) electrons. The van der Waals surface area contributed by atoms with Crippen LogP contribution >= 0.6 is 0 Å². The zero-order valence-corrected chi connectivity index (χ0v) is 23.5. The van der Waals surface area contributed by atoms with Gasteiger partial charge in [-0.1, -0.05) is 42.0 Å². The number of hydrogen-bond donors (Lipinski definition) is 1. The number of amides is 1. The van der Waals surface area contributed by atoms with Crippen LogP contribution in [0, 0.1) is 0 Å². The van der Waals surface area contributed by atoms with Crippen LogP contribution in [0.25, 0.3) is 10.4 Å².